The minimum absolute atomic E-state index is 0.0974. The molecule has 2 rings (SSSR count). The van der Waals surface area contributed by atoms with Gasteiger partial charge in [-0.05, 0) is 31.6 Å². The van der Waals surface area contributed by atoms with E-state index in [1.54, 1.807) is 25.0 Å². The Morgan fingerprint density at radius 1 is 1.44 bits per heavy atom. The molecule has 7 nitrogen and oxygen atoms in total. The molecule has 1 aliphatic rings. The number of carbonyl (C=O) groups is 3. The Kier molecular flexibility index (Phi) is 6.16. The highest BCUT2D eigenvalue weighted by atomic mass is 16.5. The molecule has 1 N–H and O–H groups in total. The first kappa shape index (κ1) is 18.5. The monoisotopic (exact) mass is 345 g/mol. The van der Waals surface area contributed by atoms with Crippen LogP contribution < -0.4 is 15.0 Å². The Morgan fingerprint density at radius 2 is 2.16 bits per heavy atom. The SMILES string of the molecule is C=CC(=O)N(CC)CC(=O)NC1CCN(c2ccccc2OC)C1=O. The minimum Gasteiger partial charge on any atom is -0.495 e. The van der Waals surface area contributed by atoms with Crippen molar-refractivity contribution in [2.24, 2.45) is 0 Å². The van der Waals surface area contributed by atoms with Crippen molar-refractivity contribution in [3.05, 3.63) is 36.9 Å². The lowest BCUT2D eigenvalue weighted by Gasteiger charge is -2.21. The molecule has 1 aromatic rings. The second-order valence-corrected chi connectivity index (χ2v) is 5.63. The molecule has 1 atom stereocenters. The molecule has 3 amide bonds. The average Bonchev–Trinajstić information content (AvgIpc) is 2.99. The second kappa shape index (κ2) is 8.32. The number of amides is 3. The maximum atomic E-state index is 12.6. The van der Waals surface area contributed by atoms with E-state index in [9.17, 15) is 14.4 Å². The first-order valence-electron chi connectivity index (χ1n) is 8.16. The van der Waals surface area contributed by atoms with E-state index in [0.717, 1.165) is 0 Å². The summed E-state index contributed by atoms with van der Waals surface area (Å²) in [5.74, 6) is -0.254. The van der Waals surface area contributed by atoms with Crippen LogP contribution in [0.4, 0.5) is 5.69 Å². The maximum Gasteiger partial charge on any atom is 0.249 e. The molecule has 0 aromatic heterocycles. The van der Waals surface area contributed by atoms with Crippen LogP contribution >= 0.6 is 0 Å². The number of hydrogen-bond acceptors (Lipinski definition) is 4. The van der Waals surface area contributed by atoms with Crippen LogP contribution in [-0.4, -0.2) is 55.4 Å². The normalized spacial score (nSPS) is 16.5. The highest BCUT2D eigenvalue weighted by molar-refractivity contribution is 6.02. The molecule has 7 heteroatoms. The fraction of sp³-hybridized carbons (Fsp3) is 0.389. The van der Waals surface area contributed by atoms with Gasteiger partial charge in [0.05, 0.1) is 19.3 Å². The fourth-order valence-electron chi connectivity index (χ4n) is 2.79. The number of nitrogens with zero attached hydrogens (tertiary/aromatic N) is 2. The van der Waals surface area contributed by atoms with Crippen molar-refractivity contribution in [3.8, 4) is 5.75 Å². The van der Waals surface area contributed by atoms with Crippen molar-refractivity contribution in [1.29, 1.82) is 0 Å². The summed E-state index contributed by atoms with van der Waals surface area (Å²) < 4.78 is 5.29. The average molecular weight is 345 g/mol. The molecule has 25 heavy (non-hydrogen) atoms. The number of carbonyl (C=O) groups excluding carboxylic acids is 3. The van der Waals surface area contributed by atoms with Crippen molar-refractivity contribution in [2.75, 3.05) is 31.6 Å². The van der Waals surface area contributed by atoms with Crippen LogP contribution in [-0.2, 0) is 14.4 Å². The topological polar surface area (TPSA) is 79.0 Å². The summed E-state index contributed by atoms with van der Waals surface area (Å²) in [6.07, 6.45) is 1.67. The summed E-state index contributed by atoms with van der Waals surface area (Å²) in [4.78, 5) is 39.4. The molecule has 1 unspecified atom stereocenters. The summed E-state index contributed by atoms with van der Waals surface area (Å²) in [7, 11) is 1.55. The molecule has 0 bridgehead atoms. The third-order valence-electron chi connectivity index (χ3n) is 4.12. The van der Waals surface area contributed by atoms with Crippen molar-refractivity contribution in [2.45, 2.75) is 19.4 Å². The summed E-state index contributed by atoms with van der Waals surface area (Å²) in [5, 5.41) is 2.71. The molecule has 1 heterocycles. The molecule has 0 spiro atoms. The number of likely N-dealkylation sites (N-methyl/N-ethyl adjacent to an activating group) is 1. The van der Waals surface area contributed by atoms with Crippen LogP contribution in [0.2, 0.25) is 0 Å². The predicted octanol–water partition coefficient (Wildman–Crippen LogP) is 0.951. The van der Waals surface area contributed by atoms with Crippen LogP contribution in [0.25, 0.3) is 0 Å². The number of ether oxygens (including phenoxy) is 1. The lowest BCUT2D eigenvalue weighted by Crippen LogP contribution is -2.46. The molecule has 1 saturated heterocycles. The standard InChI is InChI=1S/C18H23N3O4/c1-4-17(23)20(5-2)12-16(22)19-13-10-11-21(18(13)24)14-8-6-7-9-15(14)25-3/h4,6-9,13H,1,5,10-12H2,2-3H3,(H,19,22). The number of rotatable bonds is 7. The first-order chi connectivity index (χ1) is 12.0. The van der Waals surface area contributed by atoms with Gasteiger partial charge in [-0.1, -0.05) is 18.7 Å². The van der Waals surface area contributed by atoms with Gasteiger partial charge in [0.15, 0.2) is 0 Å². The minimum atomic E-state index is -0.602. The Balaban J connectivity index is 2.01. The van der Waals surface area contributed by atoms with E-state index < -0.39 is 6.04 Å². The summed E-state index contributed by atoms with van der Waals surface area (Å²) >= 11 is 0. The van der Waals surface area contributed by atoms with Crippen LogP contribution in [0.3, 0.4) is 0 Å². The second-order valence-electron chi connectivity index (χ2n) is 5.63. The molecule has 1 aliphatic heterocycles. The quantitative estimate of drug-likeness (QED) is 0.747. The van der Waals surface area contributed by atoms with Gasteiger partial charge >= 0.3 is 0 Å². The number of benzene rings is 1. The van der Waals surface area contributed by atoms with Gasteiger partial charge in [-0.2, -0.15) is 0 Å². The van der Waals surface area contributed by atoms with Gasteiger partial charge in [0, 0.05) is 13.1 Å². The Labute approximate surface area is 147 Å². The third kappa shape index (κ3) is 4.17. The van der Waals surface area contributed by atoms with E-state index >= 15 is 0 Å². The highest BCUT2D eigenvalue weighted by Gasteiger charge is 2.35. The largest absolute Gasteiger partial charge is 0.495 e. The van der Waals surface area contributed by atoms with Gasteiger partial charge < -0.3 is 19.9 Å². The van der Waals surface area contributed by atoms with Crippen LogP contribution in [0.15, 0.2) is 36.9 Å². The lowest BCUT2D eigenvalue weighted by atomic mass is 10.2. The molecule has 0 radical (unpaired) electrons. The van der Waals surface area contributed by atoms with Gasteiger partial charge in [0.25, 0.3) is 0 Å². The third-order valence-corrected chi connectivity index (χ3v) is 4.12. The van der Waals surface area contributed by atoms with Gasteiger partial charge in [0.1, 0.15) is 11.8 Å². The van der Waals surface area contributed by atoms with Crippen molar-refractivity contribution < 1.29 is 19.1 Å². The molecular weight excluding hydrogens is 322 g/mol. The Hall–Kier alpha value is -2.83. The summed E-state index contributed by atoms with van der Waals surface area (Å²) in [5.41, 5.74) is 0.684. The fourth-order valence-corrected chi connectivity index (χ4v) is 2.79. The van der Waals surface area contributed by atoms with Gasteiger partial charge in [-0.25, -0.2) is 0 Å². The Bertz CT molecular complexity index is 674. The smallest absolute Gasteiger partial charge is 0.249 e. The molecule has 134 valence electrons. The van der Waals surface area contributed by atoms with Gasteiger partial charge in [-0.15, -0.1) is 0 Å². The molecule has 0 saturated carbocycles. The van der Waals surface area contributed by atoms with Crippen molar-refractivity contribution >= 4 is 23.4 Å². The van der Waals surface area contributed by atoms with Crippen molar-refractivity contribution in [1.82, 2.24) is 10.2 Å². The van der Waals surface area contributed by atoms with E-state index in [1.807, 2.05) is 18.2 Å². The number of anilines is 1. The zero-order valence-electron chi connectivity index (χ0n) is 14.5. The number of para-hydroxylation sites is 2. The lowest BCUT2D eigenvalue weighted by molar-refractivity contribution is -0.133. The maximum absolute atomic E-state index is 12.6. The van der Waals surface area contributed by atoms with Crippen LogP contribution in [0, 0.1) is 0 Å². The zero-order chi connectivity index (χ0) is 18.4. The van der Waals surface area contributed by atoms with E-state index in [4.69, 9.17) is 4.74 Å². The van der Waals surface area contributed by atoms with Crippen molar-refractivity contribution in [3.63, 3.8) is 0 Å². The van der Waals surface area contributed by atoms with E-state index in [1.165, 1.54) is 11.0 Å². The van der Waals surface area contributed by atoms with Gasteiger partial charge in [-0.3, -0.25) is 14.4 Å². The first-order valence-corrected chi connectivity index (χ1v) is 8.16. The summed E-state index contributed by atoms with van der Waals surface area (Å²) in [6.45, 7) is 5.98. The van der Waals surface area contributed by atoms with Crippen LogP contribution in [0.1, 0.15) is 13.3 Å². The zero-order valence-corrected chi connectivity index (χ0v) is 14.5. The molecular formula is C18H23N3O4. The van der Waals surface area contributed by atoms with Crippen LogP contribution in [0.5, 0.6) is 5.75 Å². The predicted molar refractivity (Wildman–Crippen MR) is 94.3 cm³/mol. The number of nitrogens with one attached hydrogen (secondary N) is 1. The summed E-state index contributed by atoms with van der Waals surface area (Å²) in [6, 6.07) is 6.65. The molecule has 0 aliphatic carbocycles. The van der Waals surface area contributed by atoms with E-state index in [-0.39, 0.29) is 24.3 Å². The highest BCUT2D eigenvalue weighted by Crippen LogP contribution is 2.30. The van der Waals surface area contributed by atoms with Gasteiger partial charge in [0.2, 0.25) is 17.7 Å². The van der Waals surface area contributed by atoms with E-state index in [2.05, 4.69) is 11.9 Å². The molecule has 1 aromatic carbocycles. The number of hydrogen-bond donors (Lipinski definition) is 1. The Morgan fingerprint density at radius 3 is 2.80 bits per heavy atom. The van der Waals surface area contributed by atoms with E-state index in [0.29, 0.717) is 30.9 Å². The number of methoxy groups -OCH3 is 1. The molecule has 1 fully saturated rings.